The summed E-state index contributed by atoms with van der Waals surface area (Å²) in [7, 11) is -3.12. The highest BCUT2D eigenvalue weighted by molar-refractivity contribution is 7.91. The zero-order chi connectivity index (χ0) is 24.0. The van der Waals surface area contributed by atoms with Gasteiger partial charge in [0, 0.05) is 39.0 Å². The summed E-state index contributed by atoms with van der Waals surface area (Å²) in [5.74, 6) is -0.377. The first kappa shape index (κ1) is 22.8. The first-order valence-corrected chi connectivity index (χ1v) is 13.2. The van der Waals surface area contributed by atoms with Gasteiger partial charge in [0.2, 0.25) is 0 Å². The van der Waals surface area contributed by atoms with Gasteiger partial charge in [-0.05, 0) is 31.5 Å². The second-order valence-corrected chi connectivity index (χ2v) is 11.3. The van der Waals surface area contributed by atoms with E-state index in [2.05, 4.69) is 15.4 Å². The number of benzene rings is 2. The summed E-state index contributed by atoms with van der Waals surface area (Å²) in [6, 6.07) is 14.3. The molecule has 4 aromatic rings. The number of fused-ring (bicyclic) bond motifs is 1. The molecule has 10 heteroatoms. The van der Waals surface area contributed by atoms with Gasteiger partial charge in [0.15, 0.2) is 15.5 Å². The van der Waals surface area contributed by atoms with E-state index in [4.69, 9.17) is 23.2 Å². The third-order valence-electron chi connectivity index (χ3n) is 5.90. The third-order valence-corrected chi connectivity index (χ3v) is 8.24. The highest BCUT2D eigenvalue weighted by Gasteiger charge is 2.31. The molecule has 0 saturated carbocycles. The molecule has 1 fully saturated rings. The Hall–Kier alpha value is -2.94. The Labute approximate surface area is 206 Å². The number of aryl methyl sites for hydroxylation is 1. The van der Waals surface area contributed by atoms with Crippen LogP contribution in [-0.2, 0) is 9.84 Å². The lowest BCUT2D eigenvalue weighted by atomic mass is 10.0. The molecule has 174 valence electrons. The van der Waals surface area contributed by atoms with Gasteiger partial charge in [0.25, 0.3) is 5.91 Å². The van der Waals surface area contributed by atoms with Crippen LogP contribution in [0.3, 0.4) is 0 Å². The van der Waals surface area contributed by atoms with Gasteiger partial charge in [0.1, 0.15) is 5.56 Å². The Morgan fingerprint density at radius 3 is 2.50 bits per heavy atom. The fourth-order valence-electron chi connectivity index (χ4n) is 4.29. The van der Waals surface area contributed by atoms with E-state index in [9.17, 15) is 13.2 Å². The summed E-state index contributed by atoms with van der Waals surface area (Å²) in [4.78, 5) is 17.8. The number of hydrogen-bond donors (Lipinski definition) is 1. The van der Waals surface area contributed by atoms with Crippen LogP contribution in [0.5, 0.6) is 0 Å². The quantitative estimate of drug-likeness (QED) is 0.429. The molecule has 1 aliphatic rings. The van der Waals surface area contributed by atoms with Gasteiger partial charge in [-0.3, -0.25) is 4.79 Å². The van der Waals surface area contributed by atoms with Crippen LogP contribution >= 0.6 is 23.2 Å². The number of nitrogens with zero attached hydrogens (tertiary/aromatic N) is 3. The van der Waals surface area contributed by atoms with Crippen molar-refractivity contribution in [2.24, 2.45) is 0 Å². The summed E-state index contributed by atoms with van der Waals surface area (Å²) in [5, 5.41) is 8.65. The largest absolute Gasteiger partial charge is 0.348 e. The van der Waals surface area contributed by atoms with Gasteiger partial charge >= 0.3 is 0 Å². The van der Waals surface area contributed by atoms with Crippen LogP contribution in [0.25, 0.3) is 28.0 Å². The second kappa shape index (κ2) is 8.69. The van der Waals surface area contributed by atoms with Gasteiger partial charge < -0.3 is 5.32 Å². The molecular weight excluding hydrogens is 495 g/mol. The molecule has 0 radical (unpaired) electrons. The van der Waals surface area contributed by atoms with Crippen molar-refractivity contribution in [2.45, 2.75) is 19.4 Å². The molecule has 0 aliphatic carbocycles. The molecule has 0 spiro atoms. The van der Waals surface area contributed by atoms with Gasteiger partial charge in [-0.25, -0.2) is 17.9 Å². The summed E-state index contributed by atoms with van der Waals surface area (Å²) < 4.78 is 25.3. The summed E-state index contributed by atoms with van der Waals surface area (Å²) in [6.07, 6.45) is 2.07. The molecule has 1 amide bonds. The predicted molar refractivity (Wildman–Crippen MR) is 133 cm³/mol. The summed E-state index contributed by atoms with van der Waals surface area (Å²) in [5.41, 5.74) is 4.22. The Bertz CT molecular complexity index is 1530. The number of halogens is 2. The Morgan fingerprint density at radius 1 is 1.09 bits per heavy atom. The topological polar surface area (TPSA) is 93.4 Å². The van der Waals surface area contributed by atoms with Crippen molar-refractivity contribution in [2.75, 3.05) is 11.5 Å². The standard InChI is InChI=1S/C24H20Cl2N4O3S/c1-14-21(24(31)28-17-10-11-34(32,33)13-17)23-27-12-19(18-4-2-3-5-20(18)26)22(30(23)29-14)15-6-8-16(25)9-7-15/h2-9,12,17H,10-11,13H2,1H3,(H,28,31)/t17-/m1/s1. The van der Waals surface area contributed by atoms with Crippen LogP contribution in [0, 0.1) is 6.92 Å². The average molecular weight is 515 g/mol. The number of nitrogens with one attached hydrogen (secondary N) is 1. The monoisotopic (exact) mass is 514 g/mol. The number of rotatable bonds is 4. The van der Waals surface area contributed by atoms with Crippen molar-refractivity contribution >= 4 is 44.6 Å². The summed E-state index contributed by atoms with van der Waals surface area (Å²) >= 11 is 12.6. The molecule has 1 aliphatic heterocycles. The SMILES string of the molecule is Cc1nn2c(-c3ccc(Cl)cc3)c(-c3ccccc3Cl)cnc2c1C(=O)N[C@@H]1CCS(=O)(=O)C1. The van der Waals surface area contributed by atoms with Crippen molar-refractivity contribution in [3.8, 4) is 22.4 Å². The molecule has 5 rings (SSSR count). The van der Waals surface area contributed by atoms with E-state index in [-0.39, 0.29) is 11.5 Å². The van der Waals surface area contributed by atoms with Crippen LogP contribution in [0.1, 0.15) is 22.5 Å². The van der Waals surface area contributed by atoms with E-state index < -0.39 is 21.8 Å². The summed E-state index contributed by atoms with van der Waals surface area (Å²) in [6.45, 7) is 1.73. The molecule has 1 saturated heterocycles. The number of amides is 1. The minimum Gasteiger partial charge on any atom is -0.348 e. The minimum absolute atomic E-state index is 0.0584. The van der Waals surface area contributed by atoms with E-state index in [0.29, 0.717) is 39.1 Å². The Kier molecular flexibility index (Phi) is 5.83. The van der Waals surface area contributed by atoms with Crippen molar-refractivity contribution in [1.29, 1.82) is 0 Å². The first-order valence-electron chi connectivity index (χ1n) is 10.6. The second-order valence-electron chi connectivity index (χ2n) is 8.28. The highest BCUT2D eigenvalue weighted by atomic mass is 35.5. The molecule has 2 aromatic heterocycles. The van der Waals surface area contributed by atoms with Gasteiger partial charge in [-0.1, -0.05) is 53.5 Å². The molecule has 2 aromatic carbocycles. The maximum Gasteiger partial charge on any atom is 0.257 e. The van der Waals surface area contributed by atoms with Gasteiger partial charge in [0.05, 0.1) is 22.9 Å². The number of sulfone groups is 1. The molecule has 7 nitrogen and oxygen atoms in total. The lowest BCUT2D eigenvalue weighted by Crippen LogP contribution is -2.35. The predicted octanol–water partition coefficient (Wildman–Crippen LogP) is 4.60. The van der Waals surface area contributed by atoms with E-state index >= 15 is 0 Å². The van der Waals surface area contributed by atoms with Crippen LogP contribution < -0.4 is 5.32 Å². The molecular formula is C24H20Cl2N4O3S. The molecule has 3 heterocycles. The fourth-order valence-corrected chi connectivity index (χ4v) is 6.32. The van der Waals surface area contributed by atoms with Crippen molar-refractivity contribution in [3.63, 3.8) is 0 Å². The van der Waals surface area contributed by atoms with Crippen LogP contribution in [0.15, 0.2) is 54.7 Å². The van der Waals surface area contributed by atoms with E-state index in [0.717, 1.165) is 16.7 Å². The first-order chi connectivity index (χ1) is 16.2. The number of carbonyl (C=O) groups excluding carboxylic acids is 1. The zero-order valence-corrected chi connectivity index (χ0v) is 20.5. The highest BCUT2D eigenvalue weighted by Crippen LogP contribution is 2.37. The van der Waals surface area contributed by atoms with Gasteiger partial charge in [-0.15, -0.1) is 0 Å². The maximum atomic E-state index is 13.2. The number of aromatic nitrogens is 3. The molecule has 1 N–H and O–H groups in total. The lowest BCUT2D eigenvalue weighted by molar-refractivity contribution is 0.0942. The molecule has 1 atom stereocenters. The maximum absolute atomic E-state index is 13.2. The number of hydrogen-bond acceptors (Lipinski definition) is 5. The van der Waals surface area contributed by atoms with E-state index in [1.165, 1.54) is 0 Å². The van der Waals surface area contributed by atoms with E-state index in [1.807, 2.05) is 30.3 Å². The molecule has 0 bridgehead atoms. The Balaban J connectivity index is 1.68. The van der Waals surface area contributed by atoms with Crippen LogP contribution in [0.4, 0.5) is 0 Å². The van der Waals surface area contributed by atoms with Gasteiger partial charge in [-0.2, -0.15) is 5.10 Å². The third kappa shape index (κ3) is 4.17. The normalized spacial score (nSPS) is 17.2. The average Bonchev–Trinajstić information content (AvgIpc) is 3.31. The fraction of sp³-hybridized carbons (Fsp3) is 0.208. The minimum atomic E-state index is -3.12. The van der Waals surface area contributed by atoms with Crippen LogP contribution in [0.2, 0.25) is 10.0 Å². The van der Waals surface area contributed by atoms with Crippen molar-refractivity contribution in [1.82, 2.24) is 19.9 Å². The van der Waals surface area contributed by atoms with Crippen molar-refractivity contribution in [3.05, 3.63) is 76.0 Å². The number of carbonyl (C=O) groups is 1. The molecule has 34 heavy (non-hydrogen) atoms. The Morgan fingerprint density at radius 2 is 1.82 bits per heavy atom. The zero-order valence-electron chi connectivity index (χ0n) is 18.1. The lowest BCUT2D eigenvalue weighted by Gasteiger charge is -2.14. The van der Waals surface area contributed by atoms with E-state index in [1.54, 1.807) is 35.8 Å². The smallest absolute Gasteiger partial charge is 0.257 e. The van der Waals surface area contributed by atoms with Crippen molar-refractivity contribution < 1.29 is 13.2 Å². The molecule has 0 unspecified atom stereocenters. The van der Waals surface area contributed by atoms with Crippen LogP contribution in [-0.4, -0.2) is 46.5 Å².